The minimum Gasteiger partial charge on any atom is -0.356 e. The van der Waals surface area contributed by atoms with Gasteiger partial charge in [0.25, 0.3) is 5.91 Å². The molecular weight excluding hydrogens is 396 g/mol. The normalized spacial score (nSPS) is 12.9. The third-order valence-corrected chi connectivity index (χ3v) is 5.95. The van der Waals surface area contributed by atoms with Gasteiger partial charge in [-0.2, -0.15) is 0 Å². The maximum Gasteiger partial charge on any atom is 0.258 e. The molecule has 0 saturated heterocycles. The van der Waals surface area contributed by atoms with Gasteiger partial charge < -0.3 is 10.2 Å². The molecule has 0 aromatic heterocycles. The maximum atomic E-state index is 13.6. The van der Waals surface area contributed by atoms with E-state index < -0.39 is 0 Å². The molecule has 4 heteroatoms. The summed E-state index contributed by atoms with van der Waals surface area (Å²) in [6.07, 6.45) is 2.74. The second-order valence-corrected chi connectivity index (χ2v) is 8.79. The summed E-state index contributed by atoms with van der Waals surface area (Å²) in [5.41, 5.74) is 5.58. The van der Waals surface area contributed by atoms with Gasteiger partial charge in [0.15, 0.2) is 0 Å². The lowest BCUT2D eigenvalue weighted by atomic mass is 10.0. The topological polar surface area (TPSA) is 49.4 Å². The van der Waals surface area contributed by atoms with Crippen LogP contribution in [0.25, 0.3) is 0 Å². The largest absolute Gasteiger partial charge is 0.356 e. The summed E-state index contributed by atoms with van der Waals surface area (Å²) in [6.45, 7) is 5.24. The number of hydrogen-bond acceptors (Lipinski definition) is 2. The van der Waals surface area contributed by atoms with Crippen molar-refractivity contribution in [1.29, 1.82) is 0 Å². The summed E-state index contributed by atoms with van der Waals surface area (Å²) in [6, 6.07) is 23.7. The fraction of sp³-hybridized carbons (Fsp3) is 0.286. The lowest BCUT2D eigenvalue weighted by molar-refractivity contribution is -0.120. The van der Waals surface area contributed by atoms with Gasteiger partial charge >= 0.3 is 0 Å². The maximum absolute atomic E-state index is 13.6. The molecule has 1 N–H and O–H groups in total. The summed E-state index contributed by atoms with van der Waals surface area (Å²) in [4.78, 5) is 27.8. The minimum absolute atomic E-state index is 0.0318. The second-order valence-electron chi connectivity index (χ2n) is 8.79. The van der Waals surface area contributed by atoms with E-state index in [0.29, 0.717) is 24.4 Å². The number of carbonyl (C=O) groups excluding carboxylic acids is 2. The van der Waals surface area contributed by atoms with E-state index in [-0.39, 0.29) is 11.8 Å². The minimum atomic E-state index is -0.0426. The van der Waals surface area contributed by atoms with Gasteiger partial charge in [0.2, 0.25) is 5.91 Å². The van der Waals surface area contributed by atoms with E-state index in [4.69, 9.17) is 0 Å². The highest BCUT2D eigenvalue weighted by atomic mass is 16.2. The lowest BCUT2D eigenvalue weighted by Gasteiger charge is -2.24. The second kappa shape index (κ2) is 9.82. The Morgan fingerprint density at radius 2 is 1.66 bits per heavy atom. The molecule has 1 aliphatic rings. The van der Waals surface area contributed by atoms with Gasteiger partial charge in [-0.1, -0.05) is 60.2 Å². The molecule has 0 spiro atoms. The molecule has 4 nitrogen and oxygen atoms in total. The Labute approximate surface area is 190 Å². The predicted octanol–water partition coefficient (Wildman–Crippen LogP) is 5.22. The van der Waals surface area contributed by atoms with Gasteiger partial charge in [0.05, 0.1) is 13.0 Å². The Hall–Kier alpha value is -3.40. The first-order valence-electron chi connectivity index (χ1n) is 11.3. The molecule has 4 rings (SSSR count). The van der Waals surface area contributed by atoms with Crippen molar-refractivity contribution in [2.24, 2.45) is 5.92 Å². The van der Waals surface area contributed by atoms with Crippen LogP contribution in [0.3, 0.4) is 0 Å². The number of rotatable bonds is 8. The van der Waals surface area contributed by atoms with Crippen molar-refractivity contribution in [2.75, 3.05) is 11.4 Å². The average molecular weight is 427 g/mol. The molecule has 164 valence electrons. The van der Waals surface area contributed by atoms with Crippen LogP contribution < -0.4 is 10.2 Å². The molecule has 1 fully saturated rings. The van der Waals surface area contributed by atoms with Gasteiger partial charge in [-0.3, -0.25) is 9.59 Å². The Kier molecular flexibility index (Phi) is 6.69. The Balaban J connectivity index is 1.59. The molecule has 1 aliphatic carbocycles. The summed E-state index contributed by atoms with van der Waals surface area (Å²) in [7, 11) is 0. The van der Waals surface area contributed by atoms with Crippen molar-refractivity contribution in [1.82, 2.24) is 5.32 Å². The van der Waals surface area contributed by atoms with Gasteiger partial charge in [-0.15, -0.1) is 0 Å². The number of nitrogens with zero attached hydrogens (tertiary/aromatic N) is 1. The molecule has 0 bridgehead atoms. The molecule has 0 aliphatic heterocycles. The molecule has 2 amide bonds. The highest BCUT2D eigenvalue weighted by Gasteiger charge is 2.22. The number of amides is 2. The molecular formula is C28H30N2O2. The van der Waals surface area contributed by atoms with E-state index in [0.717, 1.165) is 28.9 Å². The summed E-state index contributed by atoms with van der Waals surface area (Å²) < 4.78 is 0. The number of hydrogen-bond donors (Lipinski definition) is 1. The summed E-state index contributed by atoms with van der Waals surface area (Å²) >= 11 is 0. The van der Waals surface area contributed by atoms with Gasteiger partial charge in [0.1, 0.15) is 0 Å². The molecule has 3 aromatic rings. The first-order chi connectivity index (χ1) is 15.5. The van der Waals surface area contributed by atoms with Crippen LogP contribution in [0.15, 0.2) is 72.8 Å². The van der Waals surface area contributed by atoms with Crippen molar-refractivity contribution < 1.29 is 9.59 Å². The SMILES string of the molecule is Cc1ccc(CN(C(=O)c2ccccc2C)c2cccc(CC(=O)NCC3CC3)c2)cc1. The number of benzene rings is 3. The molecule has 0 heterocycles. The van der Waals surface area contributed by atoms with E-state index in [2.05, 4.69) is 36.5 Å². The van der Waals surface area contributed by atoms with E-state index in [1.54, 1.807) is 4.90 Å². The molecule has 32 heavy (non-hydrogen) atoms. The summed E-state index contributed by atoms with van der Waals surface area (Å²) in [5.74, 6) is 0.644. The van der Waals surface area contributed by atoms with E-state index in [1.807, 2.05) is 55.5 Å². The molecule has 1 saturated carbocycles. The van der Waals surface area contributed by atoms with Crippen molar-refractivity contribution in [3.63, 3.8) is 0 Å². The zero-order valence-electron chi connectivity index (χ0n) is 18.8. The molecule has 0 atom stereocenters. The Bertz CT molecular complexity index is 1100. The van der Waals surface area contributed by atoms with E-state index in [1.165, 1.54) is 18.4 Å². The Morgan fingerprint density at radius 1 is 0.906 bits per heavy atom. The molecule has 0 unspecified atom stereocenters. The fourth-order valence-corrected chi connectivity index (χ4v) is 3.78. The van der Waals surface area contributed by atoms with Crippen molar-refractivity contribution in [2.45, 2.75) is 39.7 Å². The average Bonchev–Trinajstić information content (AvgIpc) is 3.62. The lowest BCUT2D eigenvalue weighted by Crippen LogP contribution is -2.31. The Morgan fingerprint density at radius 3 is 2.38 bits per heavy atom. The highest BCUT2D eigenvalue weighted by molar-refractivity contribution is 6.07. The molecule has 3 aromatic carbocycles. The van der Waals surface area contributed by atoms with E-state index in [9.17, 15) is 9.59 Å². The fourth-order valence-electron chi connectivity index (χ4n) is 3.78. The number of nitrogens with one attached hydrogen (secondary N) is 1. The van der Waals surface area contributed by atoms with E-state index >= 15 is 0 Å². The number of carbonyl (C=O) groups is 2. The third kappa shape index (κ3) is 5.64. The van der Waals surface area contributed by atoms with Crippen LogP contribution in [-0.4, -0.2) is 18.4 Å². The number of aryl methyl sites for hydroxylation is 2. The first kappa shape index (κ1) is 21.8. The van der Waals surface area contributed by atoms with Gasteiger partial charge in [0, 0.05) is 17.8 Å². The zero-order valence-corrected chi connectivity index (χ0v) is 18.8. The predicted molar refractivity (Wildman–Crippen MR) is 129 cm³/mol. The smallest absolute Gasteiger partial charge is 0.258 e. The van der Waals surface area contributed by atoms with Crippen LogP contribution in [-0.2, 0) is 17.8 Å². The summed E-state index contributed by atoms with van der Waals surface area (Å²) in [5, 5.41) is 3.02. The quantitative estimate of drug-likeness (QED) is 0.537. The van der Waals surface area contributed by atoms with Gasteiger partial charge in [-0.05, 0) is 67.5 Å². The van der Waals surface area contributed by atoms with Crippen molar-refractivity contribution >= 4 is 17.5 Å². The van der Waals surface area contributed by atoms with Crippen LogP contribution in [0.1, 0.15) is 45.5 Å². The third-order valence-electron chi connectivity index (χ3n) is 5.95. The molecule has 0 radical (unpaired) electrons. The van der Waals surface area contributed by atoms with Crippen LogP contribution in [0, 0.1) is 19.8 Å². The van der Waals surface area contributed by atoms with Crippen LogP contribution in [0.4, 0.5) is 5.69 Å². The zero-order chi connectivity index (χ0) is 22.5. The van der Waals surface area contributed by atoms with Crippen LogP contribution >= 0.6 is 0 Å². The highest BCUT2D eigenvalue weighted by Crippen LogP contribution is 2.27. The standard InChI is InChI=1S/C28H30N2O2/c1-20-10-12-23(13-11-20)19-30(28(32)26-9-4-3-6-21(26)2)25-8-5-7-24(16-25)17-27(31)29-18-22-14-15-22/h3-13,16,22H,14-15,17-19H2,1-2H3,(H,29,31). The van der Waals surface area contributed by atoms with Crippen molar-refractivity contribution in [3.05, 3.63) is 101 Å². The van der Waals surface area contributed by atoms with Crippen LogP contribution in [0.5, 0.6) is 0 Å². The first-order valence-corrected chi connectivity index (χ1v) is 11.3. The number of anilines is 1. The monoisotopic (exact) mass is 426 g/mol. The van der Waals surface area contributed by atoms with Gasteiger partial charge in [-0.25, -0.2) is 0 Å². The van der Waals surface area contributed by atoms with Crippen molar-refractivity contribution in [3.8, 4) is 0 Å². The van der Waals surface area contributed by atoms with Crippen LogP contribution in [0.2, 0.25) is 0 Å².